The smallest absolute Gasteiger partial charge is 0.312 e. The summed E-state index contributed by atoms with van der Waals surface area (Å²) in [6.45, 7) is 0. The van der Waals surface area contributed by atoms with E-state index in [1.807, 2.05) is 4.98 Å². The summed E-state index contributed by atoms with van der Waals surface area (Å²) >= 11 is 1.30. The Morgan fingerprint density at radius 2 is 2.08 bits per heavy atom. The topological polar surface area (TPSA) is 45.8 Å². The van der Waals surface area contributed by atoms with Crippen molar-refractivity contribution in [1.29, 1.82) is 0 Å². The number of hydrogen-bond donors (Lipinski definition) is 1. The maximum Gasteiger partial charge on any atom is 0.434 e. The standard InChI is InChI=1S/C5H2F3IN2O/c6-5(7,8)3-2(9)4(12)11-1-10-3/h1H,(H,10,11,12). The molecule has 0 amide bonds. The molecule has 0 aliphatic rings. The van der Waals surface area contributed by atoms with Crippen LogP contribution in [-0.2, 0) is 6.18 Å². The quantitative estimate of drug-likeness (QED) is 0.734. The molecule has 1 aromatic rings. The van der Waals surface area contributed by atoms with Crippen LogP contribution in [-0.4, -0.2) is 9.97 Å². The molecule has 0 radical (unpaired) electrons. The minimum Gasteiger partial charge on any atom is -0.312 e. The lowest BCUT2D eigenvalue weighted by atomic mass is 10.4. The fourth-order valence-electron chi connectivity index (χ4n) is 0.581. The van der Waals surface area contributed by atoms with Crippen molar-refractivity contribution in [3.63, 3.8) is 0 Å². The largest absolute Gasteiger partial charge is 0.434 e. The fraction of sp³-hybridized carbons (Fsp3) is 0.200. The first-order chi connectivity index (χ1) is 5.43. The Bertz CT molecular complexity index is 345. The Balaban J connectivity index is 3.36. The summed E-state index contributed by atoms with van der Waals surface area (Å²) < 4.78 is 35.6. The second-order valence-corrected chi connectivity index (χ2v) is 2.97. The molecule has 1 aromatic heterocycles. The molecule has 0 saturated carbocycles. The Kier molecular flexibility index (Phi) is 2.40. The Hall–Kier alpha value is -0.600. The Labute approximate surface area is 78.2 Å². The predicted octanol–water partition coefficient (Wildman–Crippen LogP) is 1.39. The first-order valence-corrected chi connectivity index (χ1v) is 3.81. The second kappa shape index (κ2) is 3.04. The maximum atomic E-state index is 12.0. The molecule has 0 atom stereocenters. The summed E-state index contributed by atoms with van der Waals surface area (Å²) in [7, 11) is 0. The summed E-state index contributed by atoms with van der Waals surface area (Å²) in [4.78, 5) is 15.7. The summed E-state index contributed by atoms with van der Waals surface area (Å²) in [6.07, 6.45) is -3.84. The number of nitrogens with one attached hydrogen (secondary N) is 1. The van der Waals surface area contributed by atoms with Crippen LogP contribution in [0.5, 0.6) is 0 Å². The zero-order valence-corrected chi connectivity index (χ0v) is 7.60. The minimum absolute atomic E-state index is 0.442. The van der Waals surface area contributed by atoms with Gasteiger partial charge in [-0.3, -0.25) is 4.79 Å². The van der Waals surface area contributed by atoms with Gasteiger partial charge in [-0.2, -0.15) is 13.2 Å². The van der Waals surface area contributed by atoms with Crippen molar-refractivity contribution < 1.29 is 13.2 Å². The van der Waals surface area contributed by atoms with Crippen LogP contribution in [0.1, 0.15) is 5.69 Å². The molecule has 0 fully saturated rings. The lowest BCUT2D eigenvalue weighted by Crippen LogP contribution is -2.20. The SMILES string of the molecule is O=c1[nH]cnc(C(F)(F)F)c1I. The maximum absolute atomic E-state index is 12.0. The third-order valence-electron chi connectivity index (χ3n) is 1.07. The third-order valence-corrected chi connectivity index (χ3v) is 2.07. The lowest BCUT2D eigenvalue weighted by molar-refractivity contribution is -0.142. The van der Waals surface area contributed by atoms with Gasteiger partial charge in [-0.05, 0) is 22.6 Å². The number of aromatic nitrogens is 2. The lowest BCUT2D eigenvalue weighted by Gasteiger charge is -2.05. The Morgan fingerprint density at radius 1 is 1.50 bits per heavy atom. The van der Waals surface area contributed by atoms with Crippen LogP contribution < -0.4 is 5.56 Å². The van der Waals surface area contributed by atoms with Crippen molar-refractivity contribution in [2.45, 2.75) is 6.18 Å². The van der Waals surface area contributed by atoms with E-state index in [1.165, 1.54) is 22.6 Å². The van der Waals surface area contributed by atoms with Gasteiger partial charge in [-0.15, -0.1) is 0 Å². The van der Waals surface area contributed by atoms with E-state index in [-0.39, 0.29) is 0 Å². The average molecular weight is 290 g/mol. The molecule has 0 aliphatic heterocycles. The third kappa shape index (κ3) is 1.76. The van der Waals surface area contributed by atoms with E-state index in [9.17, 15) is 18.0 Å². The number of hydrogen-bond acceptors (Lipinski definition) is 2. The molecule has 1 heterocycles. The van der Waals surface area contributed by atoms with E-state index in [0.29, 0.717) is 0 Å². The van der Waals surface area contributed by atoms with Gasteiger partial charge in [0.25, 0.3) is 5.56 Å². The average Bonchev–Trinajstić information content (AvgIpc) is 1.92. The summed E-state index contributed by atoms with van der Waals surface area (Å²) in [5.74, 6) is 0. The van der Waals surface area contributed by atoms with Gasteiger partial charge in [-0.25, -0.2) is 4.98 Å². The molecule has 12 heavy (non-hydrogen) atoms. The van der Waals surface area contributed by atoms with Gasteiger partial charge in [0.05, 0.1) is 6.33 Å². The van der Waals surface area contributed by atoms with E-state index < -0.39 is 21.0 Å². The molecule has 0 aliphatic carbocycles. The number of halogens is 4. The van der Waals surface area contributed by atoms with Crippen molar-refractivity contribution in [1.82, 2.24) is 9.97 Å². The molecule has 7 heteroatoms. The number of alkyl halides is 3. The van der Waals surface area contributed by atoms with E-state index >= 15 is 0 Å². The van der Waals surface area contributed by atoms with Gasteiger partial charge in [0.15, 0.2) is 5.69 Å². The zero-order valence-electron chi connectivity index (χ0n) is 5.44. The molecule has 66 valence electrons. The monoisotopic (exact) mass is 290 g/mol. The van der Waals surface area contributed by atoms with E-state index in [4.69, 9.17) is 0 Å². The van der Waals surface area contributed by atoms with Crippen LogP contribution in [0.2, 0.25) is 0 Å². The number of nitrogens with zero attached hydrogens (tertiary/aromatic N) is 1. The highest BCUT2D eigenvalue weighted by Crippen LogP contribution is 2.28. The summed E-state index contributed by atoms with van der Waals surface area (Å²) in [5, 5.41) is 0. The van der Waals surface area contributed by atoms with E-state index in [1.54, 1.807) is 0 Å². The Morgan fingerprint density at radius 3 is 2.50 bits per heavy atom. The minimum atomic E-state index is -4.56. The van der Waals surface area contributed by atoms with Crippen molar-refractivity contribution >= 4 is 22.6 Å². The highest BCUT2D eigenvalue weighted by atomic mass is 127. The molecule has 0 spiro atoms. The number of aromatic amines is 1. The number of H-pyrrole nitrogens is 1. The molecule has 1 rings (SSSR count). The second-order valence-electron chi connectivity index (χ2n) is 1.89. The van der Waals surface area contributed by atoms with Crippen molar-refractivity contribution in [2.75, 3.05) is 0 Å². The molecule has 0 unspecified atom stereocenters. The van der Waals surface area contributed by atoms with Crippen LogP contribution in [0.15, 0.2) is 11.1 Å². The first kappa shape index (κ1) is 9.49. The van der Waals surface area contributed by atoms with Gasteiger partial charge < -0.3 is 4.98 Å². The summed E-state index contributed by atoms with van der Waals surface area (Å²) in [5.41, 5.74) is -1.93. The highest BCUT2D eigenvalue weighted by molar-refractivity contribution is 14.1. The first-order valence-electron chi connectivity index (χ1n) is 2.73. The van der Waals surface area contributed by atoms with Gasteiger partial charge in [0, 0.05) is 0 Å². The van der Waals surface area contributed by atoms with Crippen LogP contribution in [0.3, 0.4) is 0 Å². The predicted molar refractivity (Wildman–Crippen MR) is 42.6 cm³/mol. The van der Waals surface area contributed by atoms with Gasteiger partial charge in [0.1, 0.15) is 3.57 Å². The van der Waals surface area contributed by atoms with Crippen molar-refractivity contribution in [3.8, 4) is 0 Å². The van der Waals surface area contributed by atoms with Gasteiger partial charge >= 0.3 is 6.18 Å². The zero-order chi connectivity index (χ0) is 9.35. The summed E-state index contributed by atoms with van der Waals surface area (Å²) in [6, 6.07) is 0. The fourth-order valence-corrected chi connectivity index (χ4v) is 1.18. The van der Waals surface area contributed by atoms with Crippen LogP contribution >= 0.6 is 22.6 Å². The van der Waals surface area contributed by atoms with Crippen molar-refractivity contribution in [3.05, 3.63) is 25.9 Å². The van der Waals surface area contributed by atoms with Gasteiger partial charge in [0.2, 0.25) is 0 Å². The van der Waals surface area contributed by atoms with E-state index in [0.717, 1.165) is 6.33 Å². The van der Waals surface area contributed by atoms with Crippen LogP contribution in [0, 0.1) is 3.57 Å². The molecule has 3 nitrogen and oxygen atoms in total. The molecule has 0 aromatic carbocycles. The molecule has 0 saturated heterocycles. The highest BCUT2D eigenvalue weighted by Gasteiger charge is 2.35. The van der Waals surface area contributed by atoms with E-state index in [2.05, 4.69) is 4.98 Å². The molecule has 0 bridgehead atoms. The molecule has 1 N–H and O–H groups in total. The number of rotatable bonds is 0. The van der Waals surface area contributed by atoms with Crippen LogP contribution in [0.4, 0.5) is 13.2 Å². The van der Waals surface area contributed by atoms with Crippen LogP contribution in [0.25, 0.3) is 0 Å². The molecular weight excluding hydrogens is 288 g/mol. The molecular formula is C5H2F3IN2O. The normalized spacial score (nSPS) is 11.7. The van der Waals surface area contributed by atoms with Gasteiger partial charge in [-0.1, -0.05) is 0 Å². The van der Waals surface area contributed by atoms with Crippen molar-refractivity contribution in [2.24, 2.45) is 0 Å².